The van der Waals surface area contributed by atoms with Gasteiger partial charge in [-0.2, -0.15) is 4.98 Å². The van der Waals surface area contributed by atoms with Crippen LogP contribution in [0.25, 0.3) is 0 Å². The topological polar surface area (TPSA) is 419 Å². The number of anilines is 1. The fraction of sp³-hybridized carbons (Fsp3) is 0.671. The van der Waals surface area contributed by atoms with Crippen molar-refractivity contribution in [2.45, 2.75) is 228 Å². The van der Waals surface area contributed by atoms with Gasteiger partial charge in [-0.25, -0.2) is 80.2 Å². The Labute approximate surface area is 667 Å². The van der Waals surface area contributed by atoms with E-state index in [1.54, 1.807) is 27.7 Å². The van der Waals surface area contributed by atoms with E-state index in [9.17, 15) is 124 Å². The number of ether oxygens (including phenoxy) is 6. The van der Waals surface area contributed by atoms with Crippen LogP contribution in [0.1, 0.15) is 140 Å². The first-order valence-corrected chi connectivity index (χ1v) is 37.0. The maximum Gasteiger partial charge on any atom is 0.351 e. The van der Waals surface area contributed by atoms with E-state index >= 15 is 0 Å². The summed E-state index contributed by atoms with van der Waals surface area (Å²) in [5.41, 5.74) is -6.60. The number of carbonyl (C=O) groups is 6. The first-order valence-electron chi connectivity index (χ1n) is 37.0. The first kappa shape index (κ1) is 99.0. The molecule has 0 aliphatic carbocycles. The monoisotopic (exact) mass is 1730 g/mol. The molecule has 0 saturated carbocycles. The molecule has 0 spiro atoms. The molecule has 3 aromatic rings. The number of rotatable bonds is 16. The summed E-state index contributed by atoms with van der Waals surface area (Å²) >= 11 is 0. The molecule has 9 aliphatic rings. The van der Waals surface area contributed by atoms with Crippen molar-refractivity contribution < 1.29 is 143 Å². The predicted octanol–water partition coefficient (Wildman–Crippen LogP) is 6.30. The Morgan fingerprint density at radius 3 is 1.05 bits per heavy atom. The maximum atomic E-state index is 14.5. The van der Waals surface area contributed by atoms with Crippen LogP contribution in [0.2, 0.25) is 0 Å². The summed E-state index contributed by atoms with van der Waals surface area (Å²) in [6, 6.07) is 3.13. The van der Waals surface area contributed by atoms with Gasteiger partial charge in [0.15, 0.2) is 17.3 Å². The van der Waals surface area contributed by atoms with Crippen LogP contribution in [0, 0.1) is 35.5 Å². The molecule has 12 heterocycles. The molecule has 0 radical (unpaired) electrons. The van der Waals surface area contributed by atoms with Gasteiger partial charge >= 0.3 is 17.1 Å². The van der Waals surface area contributed by atoms with Gasteiger partial charge in [-0.15, -0.1) is 0 Å². The Morgan fingerprint density at radius 1 is 0.437 bits per heavy atom. The second-order valence-corrected chi connectivity index (χ2v) is 29.6. The number of allylic oxidation sites excluding steroid dienone is 3. The van der Waals surface area contributed by atoms with Crippen molar-refractivity contribution >= 4 is 40.9 Å². The molecule has 0 unspecified atom stereocenters. The third-order valence-electron chi connectivity index (χ3n) is 23.2. The maximum absolute atomic E-state index is 14.5. The smallest absolute Gasteiger partial charge is 0.351 e. The van der Waals surface area contributed by atoms with E-state index in [1.807, 2.05) is 9.97 Å². The molecule has 46 heteroatoms. The zero-order valence-corrected chi connectivity index (χ0v) is 66.2. The fourth-order valence-corrected chi connectivity index (χ4v) is 14.4. The van der Waals surface area contributed by atoms with Gasteiger partial charge in [-0.3, -0.25) is 76.7 Å². The zero-order valence-electron chi connectivity index (χ0n) is 66.2. The number of alkyl halides is 15. The molecule has 31 nitrogen and oxygen atoms in total. The molecule has 9 aliphatic heterocycles. The van der Waals surface area contributed by atoms with Crippen molar-refractivity contribution in [1.82, 2.24) is 43.4 Å². The average Bonchev–Trinajstić information content (AvgIpc) is 1.76. The Morgan fingerprint density at radius 2 is 0.756 bits per heavy atom. The molecule has 17 atom stereocenters. The van der Waals surface area contributed by atoms with Crippen molar-refractivity contribution in [1.29, 1.82) is 0 Å². The van der Waals surface area contributed by atoms with Crippen LogP contribution in [0.3, 0.4) is 0 Å². The minimum atomic E-state index is -3.55. The minimum absolute atomic E-state index is 0.0709. The summed E-state index contributed by atoms with van der Waals surface area (Å²) in [5.74, 6) is -31.6. The van der Waals surface area contributed by atoms with Crippen molar-refractivity contribution in [3.8, 4) is 0 Å². The highest BCUT2D eigenvalue weighted by atomic mass is 19.3. The molecule has 119 heavy (non-hydrogen) atoms. The lowest BCUT2D eigenvalue weighted by Crippen LogP contribution is -2.48. The number of nitrogens with zero attached hydrogens (tertiary/aromatic N) is 7. The number of aliphatic hydroxyl groups excluding tert-OH is 4. The third-order valence-corrected chi connectivity index (χ3v) is 23.2. The number of ketones is 3. The molecule has 3 amide bonds. The number of aromatic nitrogens is 6. The van der Waals surface area contributed by atoms with Crippen LogP contribution >= 0.6 is 0 Å². The van der Waals surface area contributed by atoms with Gasteiger partial charge in [0.1, 0.15) is 42.6 Å². The Balaban J connectivity index is 0.000000221. The van der Waals surface area contributed by atoms with Crippen LogP contribution in [-0.4, -0.2) is 234 Å². The Bertz CT molecular complexity index is 4330. The van der Waals surface area contributed by atoms with Gasteiger partial charge in [0.25, 0.3) is 46.7 Å². The Hall–Kier alpha value is -8.77. The molecule has 3 aromatic heterocycles. The normalized spacial score (nSPS) is 33.2. The number of aliphatic hydroxyl groups is 4. The van der Waals surface area contributed by atoms with Crippen molar-refractivity contribution in [2.24, 2.45) is 35.5 Å². The summed E-state index contributed by atoms with van der Waals surface area (Å²) in [6.45, 7) is 10.0. The van der Waals surface area contributed by atoms with E-state index in [0.717, 1.165) is 86.5 Å². The number of carbonyl (C=O) groups excluding carboxylic acids is 6. The van der Waals surface area contributed by atoms with Crippen LogP contribution in [0.15, 0.2) is 97.6 Å². The third kappa shape index (κ3) is 19.0. The summed E-state index contributed by atoms with van der Waals surface area (Å²) in [7, 11) is 1.00. The summed E-state index contributed by atoms with van der Waals surface area (Å²) in [4.78, 5) is 134. The molecular weight excluding hydrogens is 1640 g/mol. The molecule has 6 fully saturated rings. The summed E-state index contributed by atoms with van der Waals surface area (Å²) in [5, 5.41) is 34.3. The number of halogens is 15. The standard InChI is InChI=1S/C14H19F2NO3.C13H16F3NO3.C12H16F3N3O2.C12H14F3NO4.C11H14F2N2O4.C10H12F2N2O4.CH4O/c1-4-13(5-2)9(3)14(15,16)12(20-13)17-7-6-10(18)8-11(17)19;1-3-12(7-14)8(2)13(15,16)11(20-12)17-5-4-9(18)6-10(17)19;1-3-11(6-13)7(2)12(14,15)9(20-11)18-5-4-8(16)17-10(18)19;1-7-11(5-13,6-17)20-10(12(7,14)15)16-3-2-8(18)4-9(16)19;1-6-10(2,5-16)19-8(11(6,12)13)15-4-3-7(17)14-9(15)18;1-5-6(4-15)18-8(10(5,11)12)14-3-2-7(16)13-9(14)17;1-2/h6-7,9,12H,4-5,8H2,1-3H3;4-5,8,11H,3,6-7H2,1-2H3;4-5,7,9H,3,6H2,1-2H3,(H2,16,17,19);2-3,7,10,17H,4-6H2,1H3;3-4,6,8,16H,5H2,1-2H3,(H,14,17,18);2-3,5-6,8,15H,4H2,1H3,(H,13,16,17);2H,1H3/t9-,12-;8-,11-,12+;7-,9-,11+;7-,10-,11-;6-,8-,10-;5-,6-,8-;/m111111./s1. The second kappa shape index (κ2) is 37.7. The Kier molecular flexibility index (Phi) is 31.4. The van der Waals surface area contributed by atoms with Gasteiger partial charge < -0.3 is 54.6 Å². The lowest BCUT2D eigenvalue weighted by atomic mass is 9.82. The van der Waals surface area contributed by atoms with E-state index < -0.39 is 253 Å². The SMILES string of the molecule is CCC1(CC)O[C@@H](N2C=CC(=O)CC2=O)C(F)(F)[C@@H]1C.CC[C@@]1(CF)O[C@@H](N2C=CC(=O)CC2=O)C(F)(F)[C@@H]1C.CC[C@@]1(CF)O[C@@H](n2ccc(N)nc2=O)C(F)(F)[C@@H]1C.CO.C[C@@H]1[C@@H](CO)O[C@@H](n2ccc(=O)[nH]c2=O)C1(F)F.C[C@H]1C(F)(F)[C@H](N2C=CC(=O)CC2=O)O[C@@]1(CO)CF.C[C@H]1C(F)(F)[C@H](n2ccc(=O)[nH]c2=O)O[C@]1(C)CO. The molecule has 0 aromatic carbocycles. The van der Waals surface area contributed by atoms with Gasteiger partial charge in [0.2, 0.25) is 55.1 Å². The molecule has 0 bridgehead atoms. The van der Waals surface area contributed by atoms with Crippen molar-refractivity contribution in [3.63, 3.8) is 0 Å². The fourth-order valence-electron chi connectivity index (χ4n) is 14.4. The van der Waals surface area contributed by atoms with E-state index in [1.165, 1.54) is 47.6 Å². The van der Waals surface area contributed by atoms with Gasteiger partial charge in [-0.1, -0.05) is 69.2 Å². The van der Waals surface area contributed by atoms with E-state index in [2.05, 4.69) is 4.98 Å². The lowest BCUT2D eigenvalue weighted by molar-refractivity contribution is -0.178. The number of aromatic amines is 2. The highest BCUT2D eigenvalue weighted by Crippen LogP contribution is 2.57. The largest absolute Gasteiger partial charge is 0.400 e. The lowest BCUT2D eigenvalue weighted by Gasteiger charge is -2.32. The molecule has 6 saturated heterocycles. The predicted molar refractivity (Wildman–Crippen MR) is 384 cm³/mol. The quantitative estimate of drug-likeness (QED) is 0.0610. The molecule has 668 valence electrons. The number of amides is 3. The second-order valence-electron chi connectivity index (χ2n) is 29.6. The van der Waals surface area contributed by atoms with Crippen molar-refractivity contribution in [3.05, 3.63) is 126 Å². The minimum Gasteiger partial charge on any atom is -0.400 e. The highest BCUT2D eigenvalue weighted by Gasteiger charge is 2.70. The van der Waals surface area contributed by atoms with E-state index in [-0.39, 0.29) is 30.9 Å². The molecule has 12 rings (SSSR count). The van der Waals surface area contributed by atoms with Crippen LogP contribution < -0.4 is 33.9 Å². The number of nitrogen functional groups attached to an aromatic ring is 1. The number of nitrogens with two attached hydrogens (primary N) is 1. The van der Waals surface area contributed by atoms with Crippen LogP contribution in [-0.2, 0) is 57.2 Å². The molecule has 8 N–H and O–H groups in total. The number of hydrogen-bond donors (Lipinski definition) is 7. The number of nitrogens with one attached hydrogen (secondary N) is 2. The van der Waals surface area contributed by atoms with Gasteiger partial charge in [0, 0.05) is 56.4 Å². The molecular formula is C73H95F15N10O21. The summed E-state index contributed by atoms with van der Waals surface area (Å²) < 4.78 is 243. The van der Waals surface area contributed by atoms with Gasteiger partial charge in [-0.05, 0) is 56.9 Å². The van der Waals surface area contributed by atoms with Crippen LogP contribution in [0.5, 0.6) is 0 Å². The highest BCUT2D eigenvalue weighted by molar-refractivity contribution is 6.07. The van der Waals surface area contributed by atoms with E-state index in [0.29, 0.717) is 36.3 Å². The number of hydrogen-bond acceptors (Lipinski definition) is 23. The number of H-pyrrole nitrogens is 2. The average molecular weight is 1730 g/mol. The van der Waals surface area contributed by atoms with Gasteiger partial charge in [0.05, 0.1) is 91.9 Å². The summed E-state index contributed by atoms with van der Waals surface area (Å²) in [6.07, 6.45) is -3.33. The van der Waals surface area contributed by atoms with E-state index in [4.69, 9.17) is 49.5 Å². The van der Waals surface area contributed by atoms with Crippen LogP contribution in [0.4, 0.5) is 71.7 Å². The van der Waals surface area contributed by atoms with Crippen molar-refractivity contribution in [2.75, 3.05) is 52.7 Å². The zero-order chi connectivity index (χ0) is 90.4. The first-order chi connectivity index (χ1) is 55.2.